The second kappa shape index (κ2) is 3.41. The molecule has 0 aliphatic heterocycles. The van der Waals surface area contributed by atoms with Gasteiger partial charge in [-0.1, -0.05) is 27.5 Å². The van der Waals surface area contributed by atoms with Crippen LogP contribution in [0.4, 0.5) is 0 Å². The van der Waals surface area contributed by atoms with Gasteiger partial charge < -0.3 is 4.98 Å². The number of carbonyl (C=O) groups is 1. The lowest BCUT2D eigenvalue weighted by atomic mass is 10.2. The molecule has 0 aliphatic rings. The van der Waals surface area contributed by atoms with Crippen molar-refractivity contribution in [3.05, 3.63) is 33.4 Å². The van der Waals surface area contributed by atoms with Crippen molar-refractivity contribution in [2.75, 3.05) is 0 Å². The number of fused-ring (bicyclic) bond motifs is 1. The van der Waals surface area contributed by atoms with Crippen molar-refractivity contribution in [3.63, 3.8) is 0 Å². The van der Waals surface area contributed by atoms with Crippen molar-refractivity contribution in [2.45, 2.75) is 6.92 Å². The molecule has 0 saturated carbocycles. The number of benzene rings is 1. The Morgan fingerprint density at radius 3 is 2.86 bits per heavy atom. The minimum Gasteiger partial charge on any atom is -0.351 e. The molecule has 1 N–H and O–H groups in total. The number of aromatic nitrogens is 1. The van der Waals surface area contributed by atoms with E-state index in [4.69, 9.17) is 11.6 Å². The number of carbonyl (C=O) groups excluding carboxylic acids is 1. The molecule has 1 aromatic carbocycles. The second-order valence-electron chi connectivity index (χ2n) is 3.06. The molecule has 2 rings (SSSR count). The molecule has 0 radical (unpaired) electrons. The third-order valence-corrected chi connectivity index (χ3v) is 2.94. The zero-order valence-corrected chi connectivity index (χ0v) is 9.74. The molecule has 72 valence electrons. The normalized spacial score (nSPS) is 10.8. The van der Waals surface area contributed by atoms with Gasteiger partial charge >= 0.3 is 0 Å². The lowest BCUT2D eigenvalue weighted by Crippen LogP contribution is -1.91. The van der Waals surface area contributed by atoms with E-state index in [0.717, 1.165) is 15.4 Å². The standard InChI is InChI=1S/C10H7BrClNO/c1-5(14)10-9(12)7-4-6(11)2-3-8(7)13-10/h2-4,13H,1H3. The van der Waals surface area contributed by atoms with Crippen LogP contribution >= 0.6 is 27.5 Å². The molecule has 0 aliphatic carbocycles. The third-order valence-electron chi connectivity index (χ3n) is 2.05. The maximum absolute atomic E-state index is 11.2. The zero-order valence-electron chi connectivity index (χ0n) is 7.40. The van der Waals surface area contributed by atoms with Crippen LogP contribution in [0.1, 0.15) is 17.4 Å². The topological polar surface area (TPSA) is 32.9 Å². The summed E-state index contributed by atoms with van der Waals surface area (Å²) in [6.07, 6.45) is 0. The molecular weight excluding hydrogens is 265 g/mol. The van der Waals surface area contributed by atoms with E-state index in [9.17, 15) is 4.79 Å². The van der Waals surface area contributed by atoms with E-state index in [2.05, 4.69) is 20.9 Å². The number of Topliss-reactive ketones (excluding diaryl/α,β-unsaturated/α-hetero) is 1. The second-order valence-corrected chi connectivity index (χ2v) is 4.35. The molecule has 2 aromatic rings. The van der Waals surface area contributed by atoms with Crippen molar-refractivity contribution in [2.24, 2.45) is 0 Å². The Labute approximate surface area is 94.4 Å². The first-order valence-electron chi connectivity index (χ1n) is 4.07. The maximum Gasteiger partial charge on any atom is 0.177 e. The highest BCUT2D eigenvalue weighted by Gasteiger charge is 2.12. The number of aromatic amines is 1. The average molecular weight is 273 g/mol. The van der Waals surface area contributed by atoms with Crippen LogP contribution in [0.15, 0.2) is 22.7 Å². The number of hydrogen-bond acceptors (Lipinski definition) is 1. The number of hydrogen-bond donors (Lipinski definition) is 1. The fraction of sp³-hybridized carbons (Fsp3) is 0.100. The van der Waals surface area contributed by atoms with Crippen molar-refractivity contribution in [1.82, 2.24) is 4.98 Å². The number of rotatable bonds is 1. The maximum atomic E-state index is 11.2. The summed E-state index contributed by atoms with van der Waals surface area (Å²) in [7, 11) is 0. The number of nitrogens with one attached hydrogen (secondary N) is 1. The average Bonchev–Trinajstić information content (AvgIpc) is 2.44. The largest absolute Gasteiger partial charge is 0.351 e. The molecule has 0 unspecified atom stereocenters. The van der Waals surface area contributed by atoms with Gasteiger partial charge in [-0.3, -0.25) is 4.79 Å². The van der Waals surface area contributed by atoms with Gasteiger partial charge in [-0.25, -0.2) is 0 Å². The van der Waals surface area contributed by atoms with Gasteiger partial charge in [0, 0.05) is 22.3 Å². The predicted octanol–water partition coefficient (Wildman–Crippen LogP) is 3.79. The predicted molar refractivity (Wildman–Crippen MR) is 61.0 cm³/mol. The van der Waals surface area contributed by atoms with Crippen LogP contribution in [0.2, 0.25) is 5.02 Å². The van der Waals surface area contributed by atoms with Gasteiger partial charge in [-0.2, -0.15) is 0 Å². The Morgan fingerprint density at radius 2 is 2.21 bits per heavy atom. The van der Waals surface area contributed by atoms with Crippen molar-refractivity contribution >= 4 is 44.2 Å². The molecule has 0 spiro atoms. The quantitative estimate of drug-likeness (QED) is 0.787. The molecule has 4 heteroatoms. The van der Waals surface area contributed by atoms with E-state index in [1.54, 1.807) is 0 Å². The Kier molecular flexibility index (Phi) is 2.37. The Balaban J connectivity index is 2.80. The van der Waals surface area contributed by atoms with Gasteiger partial charge in [-0.15, -0.1) is 0 Å². The monoisotopic (exact) mass is 271 g/mol. The smallest absolute Gasteiger partial charge is 0.177 e. The SMILES string of the molecule is CC(=O)c1[nH]c2ccc(Br)cc2c1Cl. The van der Waals surface area contributed by atoms with Crippen molar-refractivity contribution in [1.29, 1.82) is 0 Å². The van der Waals surface area contributed by atoms with Crippen LogP contribution in [0.25, 0.3) is 10.9 Å². The highest BCUT2D eigenvalue weighted by molar-refractivity contribution is 9.10. The van der Waals surface area contributed by atoms with E-state index in [-0.39, 0.29) is 5.78 Å². The summed E-state index contributed by atoms with van der Waals surface area (Å²) < 4.78 is 0.945. The molecule has 1 heterocycles. The minimum atomic E-state index is -0.0534. The summed E-state index contributed by atoms with van der Waals surface area (Å²) in [4.78, 5) is 14.2. The molecule has 0 amide bonds. The number of ketones is 1. The first kappa shape index (κ1) is 9.74. The highest BCUT2D eigenvalue weighted by atomic mass is 79.9. The lowest BCUT2D eigenvalue weighted by molar-refractivity contribution is 0.101. The lowest BCUT2D eigenvalue weighted by Gasteiger charge is -1.91. The van der Waals surface area contributed by atoms with Gasteiger partial charge in [0.1, 0.15) is 5.69 Å². The van der Waals surface area contributed by atoms with E-state index >= 15 is 0 Å². The van der Waals surface area contributed by atoms with Crippen molar-refractivity contribution in [3.8, 4) is 0 Å². The molecule has 1 aromatic heterocycles. The number of halogens is 2. The van der Waals surface area contributed by atoms with Gasteiger partial charge in [0.2, 0.25) is 0 Å². The summed E-state index contributed by atoms with van der Waals surface area (Å²) in [5, 5.41) is 1.36. The molecule has 0 bridgehead atoms. The summed E-state index contributed by atoms with van der Waals surface area (Å²) in [6, 6.07) is 5.68. The summed E-state index contributed by atoms with van der Waals surface area (Å²) in [6.45, 7) is 1.49. The van der Waals surface area contributed by atoms with Gasteiger partial charge in [0.05, 0.1) is 5.02 Å². The molecular formula is C10H7BrClNO. The summed E-state index contributed by atoms with van der Waals surface area (Å²) >= 11 is 9.41. The van der Waals surface area contributed by atoms with Crippen LogP contribution < -0.4 is 0 Å². The molecule has 0 atom stereocenters. The zero-order chi connectivity index (χ0) is 10.3. The van der Waals surface area contributed by atoms with Crippen LogP contribution in [-0.2, 0) is 0 Å². The Morgan fingerprint density at radius 1 is 1.50 bits per heavy atom. The van der Waals surface area contributed by atoms with Crippen LogP contribution in [0.5, 0.6) is 0 Å². The highest BCUT2D eigenvalue weighted by Crippen LogP contribution is 2.29. The van der Waals surface area contributed by atoms with Crippen molar-refractivity contribution < 1.29 is 4.79 Å². The fourth-order valence-electron chi connectivity index (χ4n) is 1.37. The van der Waals surface area contributed by atoms with E-state index in [1.165, 1.54) is 6.92 Å². The van der Waals surface area contributed by atoms with Gasteiger partial charge in [0.25, 0.3) is 0 Å². The first-order chi connectivity index (χ1) is 6.59. The summed E-state index contributed by atoms with van der Waals surface area (Å²) in [5.41, 5.74) is 1.35. The van der Waals surface area contributed by atoms with E-state index < -0.39 is 0 Å². The first-order valence-corrected chi connectivity index (χ1v) is 5.24. The van der Waals surface area contributed by atoms with Crippen LogP contribution in [-0.4, -0.2) is 10.8 Å². The third kappa shape index (κ3) is 1.47. The van der Waals surface area contributed by atoms with Crippen LogP contribution in [0, 0.1) is 0 Å². The summed E-state index contributed by atoms with van der Waals surface area (Å²) in [5.74, 6) is -0.0534. The molecule has 0 saturated heterocycles. The van der Waals surface area contributed by atoms with Crippen LogP contribution in [0.3, 0.4) is 0 Å². The minimum absolute atomic E-state index is 0.0534. The Bertz CT molecular complexity index is 518. The molecule has 2 nitrogen and oxygen atoms in total. The molecule has 14 heavy (non-hydrogen) atoms. The molecule has 0 fully saturated rings. The number of H-pyrrole nitrogens is 1. The fourth-order valence-corrected chi connectivity index (χ4v) is 2.07. The van der Waals surface area contributed by atoms with E-state index in [1.807, 2.05) is 18.2 Å². The Hall–Kier alpha value is -0.800. The van der Waals surface area contributed by atoms with Gasteiger partial charge in [-0.05, 0) is 18.2 Å². The van der Waals surface area contributed by atoms with Gasteiger partial charge in [0.15, 0.2) is 5.78 Å². The van der Waals surface area contributed by atoms with E-state index in [0.29, 0.717) is 10.7 Å².